The standard InChI is InChI=1S/C15H21N3O2/c1-11-5-2-7-14(15(11)18(19)20)17-10-4-8-13(17)12-6-3-9-16-12/h2,5,7,12-13,16H,3-4,6,8-10H2,1H3. The summed E-state index contributed by atoms with van der Waals surface area (Å²) >= 11 is 0. The van der Waals surface area contributed by atoms with Gasteiger partial charge in [-0.2, -0.15) is 0 Å². The van der Waals surface area contributed by atoms with Crippen LogP contribution in [0.2, 0.25) is 0 Å². The van der Waals surface area contributed by atoms with Crippen molar-refractivity contribution in [1.29, 1.82) is 0 Å². The molecule has 0 bridgehead atoms. The van der Waals surface area contributed by atoms with E-state index in [1.165, 1.54) is 12.8 Å². The maximum absolute atomic E-state index is 11.4. The maximum atomic E-state index is 11.4. The number of hydrogen-bond donors (Lipinski definition) is 1. The van der Waals surface area contributed by atoms with Crippen LogP contribution in [-0.4, -0.2) is 30.1 Å². The molecule has 2 fully saturated rings. The van der Waals surface area contributed by atoms with E-state index in [0.717, 1.165) is 37.2 Å². The number of para-hydroxylation sites is 1. The fourth-order valence-corrected chi connectivity index (χ4v) is 3.66. The third kappa shape index (κ3) is 2.26. The molecule has 0 aliphatic carbocycles. The Bertz CT molecular complexity index is 512. The van der Waals surface area contributed by atoms with Crippen LogP contribution in [0, 0.1) is 17.0 Å². The van der Waals surface area contributed by atoms with E-state index in [1.807, 2.05) is 25.1 Å². The van der Waals surface area contributed by atoms with Gasteiger partial charge in [-0.1, -0.05) is 12.1 Å². The van der Waals surface area contributed by atoms with Gasteiger partial charge in [-0.15, -0.1) is 0 Å². The summed E-state index contributed by atoms with van der Waals surface area (Å²) in [5, 5.41) is 14.9. The van der Waals surface area contributed by atoms with Gasteiger partial charge >= 0.3 is 0 Å². The topological polar surface area (TPSA) is 58.4 Å². The molecule has 0 spiro atoms. The first-order chi connectivity index (χ1) is 9.68. The minimum atomic E-state index is -0.234. The van der Waals surface area contributed by atoms with Gasteiger partial charge in [0.2, 0.25) is 0 Å². The molecule has 0 amide bonds. The van der Waals surface area contributed by atoms with Crippen molar-refractivity contribution in [1.82, 2.24) is 5.32 Å². The third-order valence-corrected chi connectivity index (χ3v) is 4.57. The molecular formula is C15H21N3O2. The van der Waals surface area contributed by atoms with Crippen molar-refractivity contribution >= 4 is 11.4 Å². The lowest BCUT2D eigenvalue weighted by molar-refractivity contribution is -0.384. The Morgan fingerprint density at radius 2 is 2.20 bits per heavy atom. The minimum absolute atomic E-state index is 0.234. The highest BCUT2D eigenvalue weighted by Gasteiger charge is 2.36. The minimum Gasteiger partial charge on any atom is -0.361 e. The average Bonchev–Trinajstić information content (AvgIpc) is 3.08. The fourth-order valence-electron chi connectivity index (χ4n) is 3.66. The molecule has 2 heterocycles. The quantitative estimate of drug-likeness (QED) is 0.680. The molecule has 2 aliphatic rings. The molecular weight excluding hydrogens is 254 g/mol. The number of aryl methyl sites for hydroxylation is 1. The Labute approximate surface area is 119 Å². The molecule has 2 saturated heterocycles. The highest BCUT2D eigenvalue weighted by molar-refractivity contribution is 5.67. The van der Waals surface area contributed by atoms with Gasteiger partial charge in [-0.25, -0.2) is 0 Å². The molecule has 2 unspecified atom stereocenters. The number of hydrogen-bond acceptors (Lipinski definition) is 4. The molecule has 1 aromatic rings. The van der Waals surface area contributed by atoms with Crippen molar-refractivity contribution in [3.8, 4) is 0 Å². The Morgan fingerprint density at radius 3 is 2.90 bits per heavy atom. The zero-order valence-corrected chi connectivity index (χ0v) is 11.8. The molecule has 0 saturated carbocycles. The van der Waals surface area contributed by atoms with E-state index in [4.69, 9.17) is 0 Å². The largest absolute Gasteiger partial charge is 0.361 e. The van der Waals surface area contributed by atoms with Crippen molar-refractivity contribution in [2.75, 3.05) is 18.0 Å². The van der Waals surface area contributed by atoms with Crippen LogP contribution in [0.15, 0.2) is 18.2 Å². The van der Waals surface area contributed by atoms with Crippen LogP contribution < -0.4 is 10.2 Å². The molecule has 5 nitrogen and oxygen atoms in total. The molecule has 2 aliphatic heterocycles. The summed E-state index contributed by atoms with van der Waals surface area (Å²) in [7, 11) is 0. The molecule has 0 radical (unpaired) electrons. The van der Waals surface area contributed by atoms with Gasteiger partial charge in [-0.3, -0.25) is 10.1 Å². The lowest BCUT2D eigenvalue weighted by Crippen LogP contribution is -2.44. The zero-order valence-electron chi connectivity index (χ0n) is 11.8. The Balaban J connectivity index is 1.95. The number of benzene rings is 1. The molecule has 5 heteroatoms. The maximum Gasteiger partial charge on any atom is 0.295 e. The summed E-state index contributed by atoms with van der Waals surface area (Å²) in [5.41, 5.74) is 1.82. The van der Waals surface area contributed by atoms with Crippen molar-refractivity contribution in [2.24, 2.45) is 0 Å². The Hall–Kier alpha value is -1.62. The zero-order chi connectivity index (χ0) is 14.1. The first kappa shape index (κ1) is 13.4. The molecule has 108 valence electrons. The van der Waals surface area contributed by atoms with Crippen molar-refractivity contribution in [3.63, 3.8) is 0 Å². The van der Waals surface area contributed by atoms with E-state index < -0.39 is 0 Å². The first-order valence-electron chi connectivity index (χ1n) is 7.42. The molecule has 1 aromatic carbocycles. The average molecular weight is 275 g/mol. The Kier molecular flexibility index (Phi) is 3.61. The molecule has 2 atom stereocenters. The van der Waals surface area contributed by atoms with E-state index in [0.29, 0.717) is 12.1 Å². The van der Waals surface area contributed by atoms with E-state index in [2.05, 4.69) is 10.2 Å². The summed E-state index contributed by atoms with van der Waals surface area (Å²) in [6.45, 7) is 3.82. The highest BCUT2D eigenvalue weighted by atomic mass is 16.6. The van der Waals surface area contributed by atoms with Gasteiger partial charge in [0.15, 0.2) is 0 Å². The predicted octanol–water partition coefficient (Wildman–Crippen LogP) is 2.62. The van der Waals surface area contributed by atoms with Crippen LogP contribution in [0.4, 0.5) is 11.4 Å². The van der Waals surface area contributed by atoms with Crippen molar-refractivity contribution < 1.29 is 4.92 Å². The van der Waals surface area contributed by atoms with Crippen LogP contribution in [0.1, 0.15) is 31.2 Å². The third-order valence-electron chi connectivity index (χ3n) is 4.57. The van der Waals surface area contributed by atoms with Crippen molar-refractivity contribution in [3.05, 3.63) is 33.9 Å². The smallest absolute Gasteiger partial charge is 0.295 e. The molecule has 20 heavy (non-hydrogen) atoms. The predicted molar refractivity (Wildman–Crippen MR) is 79.2 cm³/mol. The van der Waals surface area contributed by atoms with Crippen LogP contribution in [0.3, 0.4) is 0 Å². The first-order valence-corrected chi connectivity index (χ1v) is 7.42. The summed E-state index contributed by atoms with van der Waals surface area (Å²) < 4.78 is 0. The summed E-state index contributed by atoms with van der Waals surface area (Å²) in [5.74, 6) is 0. The van der Waals surface area contributed by atoms with Gasteiger partial charge in [-0.05, 0) is 45.2 Å². The molecule has 0 aromatic heterocycles. The van der Waals surface area contributed by atoms with Gasteiger partial charge in [0, 0.05) is 24.2 Å². The lowest BCUT2D eigenvalue weighted by atomic mass is 10.0. The van der Waals surface area contributed by atoms with Gasteiger partial charge < -0.3 is 10.2 Å². The van der Waals surface area contributed by atoms with E-state index in [1.54, 1.807) is 0 Å². The van der Waals surface area contributed by atoms with Crippen LogP contribution in [0.5, 0.6) is 0 Å². The second-order valence-electron chi connectivity index (χ2n) is 5.81. The molecule has 1 N–H and O–H groups in total. The van der Waals surface area contributed by atoms with Crippen molar-refractivity contribution in [2.45, 2.75) is 44.7 Å². The number of anilines is 1. The SMILES string of the molecule is Cc1cccc(N2CCCC2C2CCCN2)c1[N+](=O)[O-]. The number of nitro groups is 1. The fraction of sp³-hybridized carbons (Fsp3) is 0.600. The number of nitro benzene ring substituents is 1. The summed E-state index contributed by atoms with van der Waals surface area (Å²) in [4.78, 5) is 13.4. The monoisotopic (exact) mass is 275 g/mol. The highest BCUT2D eigenvalue weighted by Crippen LogP contribution is 2.37. The van der Waals surface area contributed by atoms with Gasteiger partial charge in [0.1, 0.15) is 5.69 Å². The van der Waals surface area contributed by atoms with Gasteiger partial charge in [0.05, 0.1) is 4.92 Å². The number of rotatable bonds is 3. The van der Waals surface area contributed by atoms with E-state index in [-0.39, 0.29) is 10.6 Å². The van der Waals surface area contributed by atoms with E-state index >= 15 is 0 Å². The second-order valence-corrected chi connectivity index (χ2v) is 5.81. The van der Waals surface area contributed by atoms with E-state index in [9.17, 15) is 10.1 Å². The number of nitrogens with one attached hydrogen (secondary N) is 1. The summed E-state index contributed by atoms with van der Waals surface area (Å²) in [6.07, 6.45) is 4.64. The van der Waals surface area contributed by atoms with Gasteiger partial charge in [0.25, 0.3) is 5.69 Å². The molecule has 3 rings (SSSR count). The number of nitrogens with zero attached hydrogens (tertiary/aromatic N) is 2. The summed E-state index contributed by atoms with van der Waals surface area (Å²) in [6, 6.07) is 6.53. The van der Waals surface area contributed by atoms with Crippen LogP contribution in [0.25, 0.3) is 0 Å². The second kappa shape index (κ2) is 5.40. The van der Waals surface area contributed by atoms with Crippen LogP contribution >= 0.6 is 0 Å². The Morgan fingerprint density at radius 1 is 1.35 bits per heavy atom. The lowest BCUT2D eigenvalue weighted by Gasteiger charge is -2.31. The normalized spacial score (nSPS) is 26.1. The van der Waals surface area contributed by atoms with Crippen LogP contribution in [-0.2, 0) is 0 Å².